The van der Waals surface area contributed by atoms with Gasteiger partial charge in [-0.15, -0.1) is 0 Å². The summed E-state index contributed by atoms with van der Waals surface area (Å²) in [6.45, 7) is 33.5. The molecule has 0 aliphatic carbocycles. The standard InChI is InChI=1S/C37H54ClN3/c1-25-16-26(2)20-31(19-25)39(34(7,8)9)37(38,40(35(10,11)12)32-21-27(3)17-28(4)22-32)41(36(13,14)15)33-23-29(5)18-30(6)24-33/h16-24H,1-15H3. The lowest BCUT2D eigenvalue weighted by molar-refractivity contribution is 0.285. The molecule has 0 amide bonds. The molecular weight excluding hydrogens is 522 g/mol. The maximum Gasteiger partial charge on any atom is 0.275 e. The average molecular weight is 576 g/mol. The number of benzene rings is 3. The summed E-state index contributed by atoms with van der Waals surface area (Å²) in [7, 11) is 0. The van der Waals surface area contributed by atoms with E-state index >= 15 is 0 Å². The molecule has 3 aromatic carbocycles. The van der Waals surface area contributed by atoms with Gasteiger partial charge >= 0.3 is 0 Å². The Bertz CT molecular complexity index is 1160. The van der Waals surface area contributed by atoms with E-state index in [1.165, 1.54) is 33.4 Å². The van der Waals surface area contributed by atoms with Crippen LogP contribution in [-0.4, -0.2) is 21.9 Å². The molecule has 0 aromatic heterocycles. The predicted octanol–water partition coefficient (Wildman–Crippen LogP) is 10.6. The van der Waals surface area contributed by atoms with Crippen LogP contribution in [0.15, 0.2) is 54.6 Å². The number of rotatable bonds is 6. The van der Waals surface area contributed by atoms with Gasteiger partial charge in [-0.25, -0.2) is 0 Å². The van der Waals surface area contributed by atoms with E-state index in [9.17, 15) is 0 Å². The molecule has 0 bridgehead atoms. The summed E-state index contributed by atoms with van der Waals surface area (Å²) in [5.41, 5.74) is 9.54. The highest BCUT2D eigenvalue weighted by molar-refractivity contribution is 6.28. The zero-order valence-electron chi connectivity index (χ0n) is 28.4. The Morgan fingerprint density at radius 1 is 0.366 bits per heavy atom. The van der Waals surface area contributed by atoms with Gasteiger partial charge in [0.1, 0.15) is 0 Å². The fourth-order valence-corrected chi connectivity index (χ4v) is 7.53. The van der Waals surface area contributed by atoms with E-state index in [0.717, 1.165) is 17.1 Å². The monoisotopic (exact) mass is 575 g/mol. The number of alkyl halides is 1. The molecule has 0 spiro atoms. The Morgan fingerprint density at radius 3 is 0.683 bits per heavy atom. The first kappa shape index (κ1) is 32.9. The molecule has 224 valence electrons. The second-order valence-electron chi connectivity index (χ2n) is 15.1. The molecule has 3 rings (SSSR count). The molecule has 0 N–H and O–H groups in total. The van der Waals surface area contributed by atoms with Gasteiger partial charge in [0, 0.05) is 33.7 Å². The Hall–Kier alpha value is -2.65. The molecule has 4 heteroatoms. The van der Waals surface area contributed by atoms with Crippen LogP contribution in [-0.2, 0) is 0 Å². The van der Waals surface area contributed by atoms with E-state index in [-0.39, 0.29) is 16.6 Å². The van der Waals surface area contributed by atoms with Crippen molar-refractivity contribution in [1.82, 2.24) is 0 Å². The fraction of sp³-hybridized carbons (Fsp3) is 0.514. The van der Waals surface area contributed by atoms with Crippen LogP contribution in [0.5, 0.6) is 0 Å². The van der Waals surface area contributed by atoms with E-state index in [4.69, 9.17) is 11.6 Å². The number of aryl methyl sites for hydroxylation is 6. The van der Waals surface area contributed by atoms with Gasteiger partial charge in [0.2, 0.25) is 0 Å². The Kier molecular flexibility index (Phi) is 8.98. The Balaban J connectivity index is 2.64. The van der Waals surface area contributed by atoms with Gasteiger partial charge in [0.05, 0.1) is 0 Å². The van der Waals surface area contributed by atoms with Crippen molar-refractivity contribution < 1.29 is 0 Å². The van der Waals surface area contributed by atoms with Crippen LogP contribution in [0.1, 0.15) is 95.7 Å². The highest BCUT2D eigenvalue weighted by Crippen LogP contribution is 2.50. The Morgan fingerprint density at radius 2 is 0.537 bits per heavy atom. The van der Waals surface area contributed by atoms with Crippen LogP contribution in [0.4, 0.5) is 17.1 Å². The molecule has 0 saturated carbocycles. The molecule has 0 aliphatic rings. The van der Waals surface area contributed by atoms with E-state index in [1.807, 2.05) is 0 Å². The third-order valence-electron chi connectivity index (χ3n) is 7.26. The maximum atomic E-state index is 8.59. The van der Waals surface area contributed by atoms with Gasteiger partial charge in [0.25, 0.3) is 5.25 Å². The van der Waals surface area contributed by atoms with Gasteiger partial charge in [0.15, 0.2) is 0 Å². The summed E-state index contributed by atoms with van der Waals surface area (Å²) >= 11 is 8.59. The van der Waals surface area contributed by atoms with Crippen LogP contribution in [0.25, 0.3) is 0 Å². The molecule has 0 radical (unpaired) electrons. The van der Waals surface area contributed by atoms with E-state index in [1.54, 1.807) is 0 Å². The maximum absolute atomic E-state index is 8.59. The van der Waals surface area contributed by atoms with Crippen molar-refractivity contribution in [3.8, 4) is 0 Å². The van der Waals surface area contributed by atoms with Gasteiger partial charge in [-0.3, -0.25) is 0 Å². The van der Waals surface area contributed by atoms with Crippen molar-refractivity contribution in [1.29, 1.82) is 0 Å². The van der Waals surface area contributed by atoms with Crippen molar-refractivity contribution in [2.45, 2.75) is 126 Å². The minimum absolute atomic E-state index is 0.354. The second kappa shape index (κ2) is 11.2. The van der Waals surface area contributed by atoms with Crippen molar-refractivity contribution in [2.24, 2.45) is 0 Å². The summed E-state index contributed by atoms with van der Waals surface area (Å²) < 4.78 is 0. The molecule has 0 atom stereocenters. The summed E-state index contributed by atoms with van der Waals surface area (Å²) in [5, 5.41) is -1.16. The highest BCUT2D eigenvalue weighted by atomic mass is 35.5. The van der Waals surface area contributed by atoms with E-state index < -0.39 is 5.25 Å². The number of halogens is 1. The molecule has 0 saturated heterocycles. The third-order valence-corrected chi connectivity index (χ3v) is 7.77. The molecule has 3 aromatic rings. The van der Waals surface area contributed by atoms with Crippen LogP contribution < -0.4 is 14.7 Å². The first-order valence-electron chi connectivity index (χ1n) is 14.9. The molecule has 0 unspecified atom stereocenters. The van der Waals surface area contributed by atoms with Crippen LogP contribution in [0.2, 0.25) is 0 Å². The average Bonchev–Trinajstić information content (AvgIpc) is 2.68. The normalized spacial score (nSPS) is 12.9. The van der Waals surface area contributed by atoms with Crippen LogP contribution in [0, 0.1) is 41.5 Å². The molecule has 0 aliphatic heterocycles. The summed E-state index contributed by atoms with van der Waals surface area (Å²) in [6.07, 6.45) is 0. The smallest absolute Gasteiger partial charge is 0.275 e. The van der Waals surface area contributed by atoms with Crippen molar-refractivity contribution >= 4 is 28.7 Å². The highest BCUT2D eigenvalue weighted by Gasteiger charge is 2.56. The number of hydrogen-bond acceptors (Lipinski definition) is 3. The van der Waals surface area contributed by atoms with Gasteiger partial charge in [-0.05, 0) is 185 Å². The topological polar surface area (TPSA) is 9.72 Å². The van der Waals surface area contributed by atoms with Crippen molar-refractivity contribution in [2.75, 3.05) is 14.7 Å². The van der Waals surface area contributed by atoms with E-state index in [0.29, 0.717) is 0 Å². The lowest BCUT2D eigenvalue weighted by atomic mass is 9.95. The van der Waals surface area contributed by atoms with Gasteiger partial charge < -0.3 is 14.7 Å². The van der Waals surface area contributed by atoms with Gasteiger partial charge in [-0.1, -0.05) is 18.2 Å². The van der Waals surface area contributed by atoms with Gasteiger partial charge in [-0.2, -0.15) is 0 Å². The molecule has 41 heavy (non-hydrogen) atoms. The number of nitrogens with zero attached hydrogens (tertiary/aromatic N) is 3. The summed E-state index contributed by atoms with van der Waals surface area (Å²) in [5.74, 6) is 0. The third kappa shape index (κ3) is 7.05. The van der Waals surface area contributed by atoms with Crippen LogP contribution in [0.3, 0.4) is 0 Å². The molecule has 0 fully saturated rings. The predicted molar refractivity (Wildman–Crippen MR) is 183 cm³/mol. The van der Waals surface area contributed by atoms with Crippen molar-refractivity contribution in [3.05, 3.63) is 88.0 Å². The lowest BCUT2D eigenvalue weighted by Crippen LogP contribution is -2.77. The molecule has 0 heterocycles. The zero-order chi connectivity index (χ0) is 31.3. The van der Waals surface area contributed by atoms with Crippen molar-refractivity contribution in [3.63, 3.8) is 0 Å². The number of anilines is 3. The summed E-state index contributed by atoms with van der Waals surface area (Å²) in [6, 6.07) is 20.4. The largest absolute Gasteiger partial charge is 0.314 e. The minimum Gasteiger partial charge on any atom is -0.314 e. The van der Waals surface area contributed by atoms with E-state index in [2.05, 4.69) is 173 Å². The second-order valence-corrected chi connectivity index (χ2v) is 15.6. The SMILES string of the molecule is Cc1cc(C)cc(N(C(C)(C)C)C(Cl)(N(c2cc(C)cc(C)c2)C(C)(C)C)N(c2cc(C)cc(C)c2)C(C)(C)C)c1. The first-order chi connectivity index (χ1) is 18.5. The quantitative estimate of drug-likeness (QED) is 0.164. The molecule has 3 nitrogen and oxygen atoms in total. The number of hydrogen-bond donors (Lipinski definition) is 0. The van der Waals surface area contributed by atoms with Crippen LogP contribution >= 0.6 is 11.6 Å². The Labute approximate surface area is 256 Å². The fourth-order valence-electron chi connectivity index (χ4n) is 6.47. The first-order valence-corrected chi connectivity index (χ1v) is 15.3. The minimum atomic E-state index is -1.16. The zero-order valence-corrected chi connectivity index (χ0v) is 29.2. The lowest BCUT2D eigenvalue weighted by Gasteiger charge is -2.64. The summed E-state index contributed by atoms with van der Waals surface area (Å²) in [4.78, 5) is 7.31. The molecular formula is C37H54ClN3.